The van der Waals surface area contributed by atoms with Crippen LogP contribution in [0, 0.1) is 29.1 Å². The molecule has 3 fully saturated rings. The number of nitrogens with one attached hydrogen (secondary N) is 1. The summed E-state index contributed by atoms with van der Waals surface area (Å²) in [5.41, 5.74) is 0.275. The number of pyridine rings is 1. The van der Waals surface area contributed by atoms with Gasteiger partial charge in [-0.1, -0.05) is 6.07 Å². The summed E-state index contributed by atoms with van der Waals surface area (Å²) in [6, 6.07) is 9.10. The van der Waals surface area contributed by atoms with Gasteiger partial charge >= 0.3 is 0 Å². The van der Waals surface area contributed by atoms with E-state index >= 15 is 0 Å². The molecule has 2 saturated carbocycles. The van der Waals surface area contributed by atoms with E-state index in [9.17, 15) is 18.8 Å². The Hall–Kier alpha value is -3.94. The SMILES string of the molecule is Cc1nc(NC(=O)c2cccc(-c3cnn(CC4(C#N)CC4)c3)n2)cc(N2CCC3(C2)CC3(F)F)n1. The zero-order valence-corrected chi connectivity index (χ0v) is 19.7. The minimum absolute atomic E-state index is 0.0791. The molecule has 184 valence electrons. The van der Waals surface area contributed by atoms with E-state index in [2.05, 4.69) is 31.4 Å². The van der Waals surface area contributed by atoms with Gasteiger partial charge in [0.15, 0.2) is 0 Å². The number of nitrogens with zero attached hydrogens (tertiary/aromatic N) is 7. The van der Waals surface area contributed by atoms with Crippen LogP contribution in [0.4, 0.5) is 20.4 Å². The number of anilines is 2. The number of hydrogen-bond donors (Lipinski definition) is 1. The highest BCUT2D eigenvalue weighted by Gasteiger charge is 2.72. The van der Waals surface area contributed by atoms with Crippen LogP contribution in [0.25, 0.3) is 11.3 Å². The fraction of sp³-hybridized carbons (Fsp3) is 0.440. The third-order valence-electron chi connectivity index (χ3n) is 7.42. The molecule has 1 saturated heterocycles. The predicted molar refractivity (Wildman–Crippen MR) is 126 cm³/mol. The van der Waals surface area contributed by atoms with E-state index in [1.54, 1.807) is 42.1 Å². The summed E-state index contributed by atoms with van der Waals surface area (Å²) < 4.78 is 29.4. The highest BCUT2D eigenvalue weighted by Crippen LogP contribution is 2.65. The molecule has 9 nitrogen and oxygen atoms in total. The molecule has 1 N–H and O–H groups in total. The fourth-order valence-electron chi connectivity index (χ4n) is 4.92. The highest BCUT2D eigenvalue weighted by atomic mass is 19.3. The predicted octanol–water partition coefficient (Wildman–Crippen LogP) is 3.84. The van der Waals surface area contributed by atoms with Crippen LogP contribution < -0.4 is 10.2 Å². The lowest BCUT2D eigenvalue weighted by atomic mass is 10.1. The van der Waals surface area contributed by atoms with E-state index in [1.807, 2.05) is 11.1 Å². The summed E-state index contributed by atoms with van der Waals surface area (Å²) in [5.74, 6) is -1.80. The maximum atomic E-state index is 13.8. The minimum Gasteiger partial charge on any atom is -0.356 e. The molecule has 1 spiro atoms. The fourth-order valence-corrected chi connectivity index (χ4v) is 4.92. The zero-order valence-electron chi connectivity index (χ0n) is 19.7. The lowest BCUT2D eigenvalue weighted by Crippen LogP contribution is -2.24. The van der Waals surface area contributed by atoms with Crippen LogP contribution in [0.5, 0.6) is 0 Å². The van der Waals surface area contributed by atoms with E-state index in [1.165, 1.54) is 0 Å². The molecule has 2 aliphatic carbocycles. The van der Waals surface area contributed by atoms with Crippen molar-refractivity contribution in [2.75, 3.05) is 23.3 Å². The average molecular weight is 491 g/mol. The number of halogens is 2. The van der Waals surface area contributed by atoms with Crippen LogP contribution in [-0.2, 0) is 6.54 Å². The average Bonchev–Trinajstić information content (AvgIpc) is 3.52. The number of aryl methyl sites for hydroxylation is 1. The summed E-state index contributed by atoms with van der Waals surface area (Å²) in [5, 5.41) is 16.4. The third kappa shape index (κ3) is 3.96. The molecule has 1 aliphatic heterocycles. The van der Waals surface area contributed by atoms with E-state index < -0.39 is 17.2 Å². The number of rotatable bonds is 6. The maximum absolute atomic E-state index is 13.8. The Morgan fingerprint density at radius 2 is 2.03 bits per heavy atom. The van der Waals surface area contributed by atoms with Gasteiger partial charge in [-0.25, -0.2) is 23.7 Å². The molecule has 0 aromatic carbocycles. The molecule has 1 amide bonds. The Labute approximate surface area is 206 Å². The smallest absolute Gasteiger partial charge is 0.275 e. The first kappa shape index (κ1) is 22.5. The maximum Gasteiger partial charge on any atom is 0.275 e. The summed E-state index contributed by atoms with van der Waals surface area (Å²) in [6.07, 6.45) is 5.60. The molecule has 0 radical (unpaired) electrons. The van der Waals surface area contributed by atoms with Gasteiger partial charge in [0.2, 0.25) is 0 Å². The van der Waals surface area contributed by atoms with Gasteiger partial charge < -0.3 is 10.2 Å². The van der Waals surface area contributed by atoms with Gasteiger partial charge in [-0.2, -0.15) is 10.4 Å². The van der Waals surface area contributed by atoms with Gasteiger partial charge in [0.05, 0.1) is 35.3 Å². The summed E-state index contributed by atoms with van der Waals surface area (Å²) >= 11 is 0. The van der Waals surface area contributed by atoms with Crippen molar-refractivity contribution < 1.29 is 13.6 Å². The molecule has 3 aromatic heterocycles. The van der Waals surface area contributed by atoms with Crippen molar-refractivity contribution in [1.82, 2.24) is 24.7 Å². The standard InChI is InChI=1S/C25H24F2N8O/c1-16-30-20(9-21(31-16)34-8-7-24(15-34)12-25(24,26)27)33-22(36)19-4-2-3-18(32-19)17-10-29-35(11-17)14-23(13-28)5-6-23/h2-4,9-11H,5-8,12,14-15H2,1H3,(H,30,31,33,36). The van der Waals surface area contributed by atoms with Crippen molar-refractivity contribution in [3.05, 3.63) is 48.2 Å². The van der Waals surface area contributed by atoms with E-state index in [4.69, 9.17) is 0 Å². The van der Waals surface area contributed by atoms with Gasteiger partial charge in [0.1, 0.15) is 23.2 Å². The number of nitriles is 1. The van der Waals surface area contributed by atoms with Crippen LogP contribution in [0.1, 0.15) is 42.0 Å². The van der Waals surface area contributed by atoms with E-state index in [0.717, 1.165) is 18.4 Å². The van der Waals surface area contributed by atoms with Crippen LogP contribution in [0.3, 0.4) is 0 Å². The Morgan fingerprint density at radius 1 is 1.22 bits per heavy atom. The van der Waals surface area contributed by atoms with Crippen molar-refractivity contribution in [1.29, 1.82) is 5.26 Å². The van der Waals surface area contributed by atoms with Gasteiger partial charge in [-0.05, 0) is 38.3 Å². The summed E-state index contributed by atoms with van der Waals surface area (Å²) in [7, 11) is 0. The summed E-state index contributed by atoms with van der Waals surface area (Å²) in [6.45, 7) is 2.98. The summed E-state index contributed by atoms with van der Waals surface area (Å²) in [4.78, 5) is 28.0. The Morgan fingerprint density at radius 3 is 2.72 bits per heavy atom. The lowest BCUT2D eigenvalue weighted by molar-refractivity contribution is 0.0711. The molecule has 1 atom stereocenters. The lowest BCUT2D eigenvalue weighted by Gasteiger charge is -2.18. The van der Waals surface area contributed by atoms with Crippen molar-refractivity contribution in [3.63, 3.8) is 0 Å². The Kier molecular flexibility index (Phi) is 4.87. The topological polar surface area (TPSA) is 113 Å². The first-order valence-corrected chi connectivity index (χ1v) is 11.9. The molecule has 0 bridgehead atoms. The number of aromatic nitrogens is 5. The zero-order chi connectivity index (χ0) is 25.1. The van der Waals surface area contributed by atoms with Crippen LogP contribution >= 0.6 is 0 Å². The van der Waals surface area contributed by atoms with Gasteiger partial charge in [0.25, 0.3) is 11.8 Å². The first-order chi connectivity index (χ1) is 17.2. The first-order valence-electron chi connectivity index (χ1n) is 11.9. The normalized spacial score (nSPS) is 22.9. The third-order valence-corrected chi connectivity index (χ3v) is 7.42. The Bertz CT molecular complexity index is 1410. The molecular formula is C25H24F2N8O. The Balaban J connectivity index is 1.17. The van der Waals surface area contributed by atoms with Crippen LogP contribution in [0.15, 0.2) is 36.7 Å². The molecule has 6 rings (SSSR count). The van der Waals surface area contributed by atoms with Crippen LogP contribution in [0.2, 0.25) is 0 Å². The number of alkyl halides is 2. The van der Waals surface area contributed by atoms with Gasteiger partial charge in [-0.15, -0.1) is 0 Å². The number of hydrogen-bond acceptors (Lipinski definition) is 7. The number of amides is 1. The molecular weight excluding hydrogens is 466 g/mol. The molecule has 1 unspecified atom stereocenters. The monoisotopic (exact) mass is 490 g/mol. The van der Waals surface area contributed by atoms with Gasteiger partial charge in [0, 0.05) is 37.3 Å². The second kappa shape index (κ2) is 7.78. The second-order valence-corrected chi connectivity index (χ2v) is 10.2. The molecule has 3 aliphatic rings. The molecule has 3 aromatic rings. The van der Waals surface area contributed by atoms with Crippen molar-refractivity contribution >= 4 is 17.5 Å². The second-order valence-electron chi connectivity index (χ2n) is 10.2. The molecule has 4 heterocycles. The molecule has 36 heavy (non-hydrogen) atoms. The molecule has 11 heteroatoms. The minimum atomic E-state index is -2.61. The van der Waals surface area contributed by atoms with Crippen molar-refractivity contribution in [2.24, 2.45) is 10.8 Å². The quantitative estimate of drug-likeness (QED) is 0.559. The number of carbonyl (C=O) groups is 1. The largest absolute Gasteiger partial charge is 0.356 e. The van der Waals surface area contributed by atoms with Crippen LogP contribution in [-0.4, -0.2) is 49.7 Å². The van der Waals surface area contributed by atoms with E-state index in [-0.39, 0.29) is 29.9 Å². The van der Waals surface area contributed by atoms with Crippen molar-refractivity contribution in [2.45, 2.75) is 45.1 Å². The van der Waals surface area contributed by atoms with E-state index in [0.29, 0.717) is 36.8 Å². The number of carbonyl (C=O) groups excluding carboxylic acids is 1. The highest BCUT2D eigenvalue weighted by molar-refractivity contribution is 6.02. The van der Waals surface area contributed by atoms with Crippen molar-refractivity contribution in [3.8, 4) is 17.3 Å². The van der Waals surface area contributed by atoms with Gasteiger partial charge in [-0.3, -0.25) is 9.48 Å².